The first kappa shape index (κ1) is 15.4. The van der Waals surface area contributed by atoms with Gasteiger partial charge >= 0.3 is 0 Å². The Morgan fingerprint density at radius 1 is 1.10 bits per heavy atom. The summed E-state index contributed by atoms with van der Waals surface area (Å²) in [6.45, 7) is 11.2. The van der Waals surface area contributed by atoms with E-state index >= 15 is 0 Å². The SMILES string of the molecule is C=CCN(CC=C)c1ccc(C=O)c(N2CCCCC2)c1. The van der Waals surface area contributed by atoms with Crippen LogP contribution in [0.25, 0.3) is 0 Å². The van der Waals surface area contributed by atoms with Crippen LogP contribution < -0.4 is 9.80 Å². The second kappa shape index (κ2) is 7.67. The molecule has 3 heteroatoms. The lowest BCUT2D eigenvalue weighted by Crippen LogP contribution is -2.31. The van der Waals surface area contributed by atoms with E-state index in [0.717, 1.165) is 49.4 Å². The van der Waals surface area contributed by atoms with E-state index in [4.69, 9.17) is 0 Å². The van der Waals surface area contributed by atoms with Crippen molar-refractivity contribution in [2.45, 2.75) is 19.3 Å². The minimum Gasteiger partial charge on any atom is -0.371 e. The first-order valence-corrected chi connectivity index (χ1v) is 7.61. The highest BCUT2D eigenvalue weighted by Crippen LogP contribution is 2.28. The van der Waals surface area contributed by atoms with Crippen LogP contribution in [0, 0.1) is 0 Å². The zero-order valence-electron chi connectivity index (χ0n) is 12.6. The number of piperidine rings is 1. The monoisotopic (exact) mass is 284 g/mol. The fourth-order valence-corrected chi connectivity index (χ4v) is 2.83. The Kier molecular flexibility index (Phi) is 5.61. The Balaban J connectivity index is 2.32. The van der Waals surface area contributed by atoms with E-state index in [1.54, 1.807) is 0 Å². The lowest BCUT2D eigenvalue weighted by molar-refractivity contribution is 0.112. The maximum Gasteiger partial charge on any atom is 0.152 e. The van der Waals surface area contributed by atoms with E-state index in [0.29, 0.717) is 0 Å². The molecule has 0 bridgehead atoms. The summed E-state index contributed by atoms with van der Waals surface area (Å²) in [5.41, 5.74) is 2.94. The maximum absolute atomic E-state index is 11.3. The number of anilines is 2. The van der Waals surface area contributed by atoms with Crippen LogP contribution in [0.5, 0.6) is 0 Å². The molecule has 21 heavy (non-hydrogen) atoms. The van der Waals surface area contributed by atoms with Crippen LogP contribution in [-0.4, -0.2) is 32.5 Å². The second-order valence-electron chi connectivity index (χ2n) is 5.39. The van der Waals surface area contributed by atoms with Crippen molar-refractivity contribution in [1.82, 2.24) is 0 Å². The highest BCUT2D eigenvalue weighted by Gasteiger charge is 2.16. The third-order valence-corrected chi connectivity index (χ3v) is 3.90. The van der Waals surface area contributed by atoms with Gasteiger partial charge in [0, 0.05) is 43.1 Å². The van der Waals surface area contributed by atoms with Crippen LogP contribution in [0.4, 0.5) is 11.4 Å². The van der Waals surface area contributed by atoms with E-state index in [2.05, 4.69) is 29.0 Å². The second-order valence-corrected chi connectivity index (χ2v) is 5.39. The number of carbonyl (C=O) groups is 1. The molecule has 0 saturated carbocycles. The molecule has 0 aromatic heterocycles. The number of benzene rings is 1. The van der Waals surface area contributed by atoms with Crippen LogP contribution in [0.15, 0.2) is 43.5 Å². The molecule has 0 N–H and O–H groups in total. The van der Waals surface area contributed by atoms with Crippen LogP contribution >= 0.6 is 0 Å². The van der Waals surface area contributed by atoms with E-state index in [1.807, 2.05) is 24.3 Å². The van der Waals surface area contributed by atoms with Crippen molar-refractivity contribution >= 4 is 17.7 Å². The predicted octanol–water partition coefficient (Wildman–Crippen LogP) is 3.67. The zero-order valence-corrected chi connectivity index (χ0v) is 12.6. The summed E-state index contributed by atoms with van der Waals surface area (Å²) < 4.78 is 0. The largest absolute Gasteiger partial charge is 0.371 e. The van der Waals surface area contributed by atoms with Gasteiger partial charge in [-0.25, -0.2) is 0 Å². The molecule has 0 amide bonds. The molecular formula is C18H24N2O. The molecule has 0 unspecified atom stereocenters. The molecule has 1 aromatic carbocycles. The Hall–Kier alpha value is -2.03. The van der Waals surface area contributed by atoms with Gasteiger partial charge in [0.15, 0.2) is 6.29 Å². The number of rotatable bonds is 7. The summed E-state index contributed by atoms with van der Waals surface area (Å²) in [5, 5.41) is 0. The molecule has 1 heterocycles. The van der Waals surface area contributed by atoms with Crippen molar-refractivity contribution in [3.05, 3.63) is 49.1 Å². The first-order valence-electron chi connectivity index (χ1n) is 7.61. The number of hydrogen-bond acceptors (Lipinski definition) is 3. The fraction of sp³-hybridized carbons (Fsp3) is 0.389. The molecule has 112 valence electrons. The molecule has 2 rings (SSSR count). The zero-order chi connectivity index (χ0) is 15.1. The van der Waals surface area contributed by atoms with Gasteiger partial charge in [-0.05, 0) is 37.5 Å². The average molecular weight is 284 g/mol. The van der Waals surface area contributed by atoms with Gasteiger partial charge in [0.25, 0.3) is 0 Å². The van der Waals surface area contributed by atoms with E-state index in [-0.39, 0.29) is 0 Å². The smallest absolute Gasteiger partial charge is 0.152 e. The maximum atomic E-state index is 11.3. The van der Waals surface area contributed by atoms with Crippen molar-refractivity contribution in [1.29, 1.82) is 0 Å². The van der Waals surface area contributed by atoms with Gasteiger partial charge < -0.3 is 9.80 Å². The summed E-state index contributed by atoms with van der Waals surface area (Å²) in [6.07, 6.45) is 8.41. The van der Waals surface area contributed by atoms with E-state index in [1.165, 1.54) is 19.3 Å². The van der Waals surface area contributed by atoms with Crippen molar-refractivity contribution < 1.29 is 4.79 Å². The fourth-order valence-electron chi connectivity index (χ4n) is 2.83. The summed E-state index contributed by atoms with van der Waals surface area (Å²) in [4.78, 5) is 15.9. The third kappa shape index (κ3) is 3.75. The van der Waals surface area contributed by atoms with Crippen molar-refractivity contribution in [3.8, 4) is 0 Å². The Labute approximate surface area is 127 Å². The number of nitrogens with zero attached hydrogens (tertiary/aromatic N) is 2. The van der Waals surface area contributed by atoms with Gasteiger partial charge in [-0.3, -0.25) is 4.79 Å². The van der Waals surface area contributed by atoms with Crippen LogP contribution in [-0.2, 0) is 0 Å². The van der Waals surface area contributed by atoms with Gasteiger partial charge in [-0.1, -0.05) is 12.2 Å². The molecule has 1 aliphatic rings. The standard InChI is InChI=1S/C18H24N2O/c1-3-10-19(11-4-2)17-9-8-16(15-21)18(14-17)20-12-6-5-7-13-20/h3-4,8-9,14-15H,1-2,5-7,10-13H2. The molecule has 0 aliphatic carbocycles. The number of aldehydes is 1. The molecule has 1 saturated heterocycles. The molecule has 1 aliphatic heterocycles. The molecule has 0 radical (unpaired) electrons. The minimum atomic E-state index is 0.770. The van der Waals surface area contributed by atoms with Gasteiger partial charge in [0.1, 0.15) is 0 Å². The van der Waals surface area contributed by atoms with Gasteiger partial charge in [0.05, 0.1) is 0 Å². The average Bonchev–Trinajstić information content (AvgIpc) is 2.55. The lowest BCUT2D eigenvalue weighted by atomic mass is 10.1. The summed E-state index contributed by atoms with van der Waals surface area (Å²) in [5.74, 6) is 0. The number of hydrogen-bond donors (Lipinski definition) is 0. The molecule has 1 aromatic rings. The molecular weight excluding hydrogens is 260 g/mol. The van der Waals surface area contributed by atoms with Crippen molar-refractivity contribution in [2.24, 2.45) is 0 Å². The lowest BCUT2D eigenvalue weighted by Gasteiger charge is -2.31. The van der Waals surface area contributed by atoms with Crippen LogP contribution in [0.1, 0.15) is 29.6 Å². The Morgan fingerprint density at radius 3 is 2.33 bits per heavy atom. The molecule has 1 fully saturated rings. The minimum absolute atomic E-state index is 0.770. The highest BCUT2D eigenvalue weighted by atomic mass is 16.1. The Morgan fingerprint density at radius 2 is 1.76 bits per heavy atom. The summed E-state index contributed by atoms with van der Waals surface area (Å²) >= 11 is 0. The topological polar surface area (TPSA) is 23.6 Å². The molecule has 3 nitrogen and oxygen atoms in total. The molecule has 0 atom stereocenters. The first-order chi connectivity index (χ1) is 10.3. The van der Waals surface area contributed by atoms with Crippen LogP contribution in [0.3, 0.4) is 0 Å². The summed E-state index contributed by atoms with van der Waals surface area (Å²) in [6, 6.07) is 6.05. The van der Waals surface area contributed by atoms with Gasteiger partial charge in [0.2, 0.25) is 0 Å². The highest BCUT2D eigenvalue weighted by molar-refractivity contribution is 5.86. The molecule has 0 spiro atoms. The predicted molar refractivity (Wildman–Crippen MR) is 90.5 cm³/mol. The van der Waals surface area contributed by atoms with E-state index in [9.17, 15) is 4.79 Å². The number of carbonyl (C=O) groups excluding carboxylic acids is 1. The van der Waals surface area contributed by atoms with Crippen LogP contribution in [0.2, 0.25) is 0 Å². The van der Waals surface area contributed by atoms with Crippen molar-refractivity contribution in [3.63, 3.8) is 0 Å². The normalized spacial score (nSPS) is 14.6. The van der Waals surface area contributed by atoms with Gasteiger partial charge in [-0.15, -0.1) is 13.2 Å². The third-order valence-electron chi connectivity index (χ3n) is 3.90. The summed E-state index contributed by atoms with van der Waals surface area (Å²) in [7, 11) is 0. The Bertz CT molecular complexity index is 494. The van der Waals surface area contributed by atoms with Crippen molar-refractivity contribution in [2.75, 3.05) is 36.0 Å². The van der Waals surface area contributed by atoms with Gasteiger partial charge in [-0.2, -0.15) is 0 Å². The van der Waals surface area contributed by atoms with E-state index < -0.39 is 0 Å². The quantitative estimate of drug-likeness (QED) is 0.564.